The van der Waals surface area contributed by atoms with Crippen molar-refractivity contribution in [1.82, 2.24) is 4.98 Å². The fourth-order valence-electron chi connectivity index (χ4n) is 5.34. The molecule has 0 spiro atoms. The summed E-state index contributed by atoms with van der Waals surface area (Å²) in [6.07, 6.45) is 10.0. The SMILES string of the molecule is CCC(C)(C)[C@H]1CCc2nc3sc4c(c3c(-c3ccccc3)c2C1)CCCC4. The fourth-order valence-corrected chi connectivity index (χ4v) is 6.63. The Labute approximate surface area is 173 Å². The molecule has 0 unspecified atom stereocenters. The molecule has 3 aromatic rings. The van der Waals surface area contributed by atoms with Crippen LogP contribution in [-0.2, 0) is 25.7 Å². The predicted octanol–water partition coefficient (Wildman–Crippen LogP) is 7.38. The van der Waals surface area contributed by atoms with Gasteiger partial charge in [0, 0.05) is 16.0 Å². The highest BCUT2D eigenvalue weighted by Crippen LogP contribution is 2.47. The van der Waals surface area contributed by atoms with Gasteiger partial charge in [-0.05, 0) is 78.5 Å². The van der Waals surface area contributed by atoms with E-state index in [0.717, 1.165) is 12.3 Å². The van der Waals surface area contributed by atoms with E-state index in [-0.39, 0.29) is 0 Å². The fraction of sp³-hybridized carbons (Fsp3) is 0.500. The largest absolute Gasteiger partial charge is 0.242 e. The predicted molar refractivity (Wildman–Crippen MR) is 121 cm³/mol. The van der Waals surface area contributed by atoms with Gasteiger partial charge in [-0.3, -0.25) is 0 Å². The Balaban J connectivity index is 1.77. The smallest absolute Gasteiger partial charge is 0.124 e. The van der Waals surface area contributed by atoms with Crippen molar-refractivity contribution in [3.8, 4) is 11.1 Å². The van der Waals surface area contributed by atoms with Gasteiger partial charge in [-0.2, -0.15) is 0 Å². The zero-order valence-electron chi connectivity index (χ0n) is 17.5. The van der Waals surface area contributed by atoms with E-state index in [2.05, 4.69) is 51.1 Å². The van der Waals surface area contributed by atoms with Crippen molar-refractivity contribution in [2.24, 2.45) is 11.3 Å². The van der Waals surface area contributed by atoms with Crippen molar-refractivity contribution in [3.05, 3.63) is 52.0 Å². The minimum absolute atomic E-state index is 0.397. The second-order valence-corrected chi connectivity index (χ2v) is 10.5. The first-order valence-electron chi connectivity index (χ1n) is 11.1. The van der Waals surface area contributed by atoms with Gasteiger partial charge in [0.25, 0.3) is 0 Å². The third-order valence-electron chi connectivity index (χ3n) is 7.55. The van der Waals surface area contributed by atoms with Crippen LogP contribution in [0.4, 0.5) is 0 Å². The molecule has 1 atom stereocenters. The molecule has 0 aliphatic heterocycles. The Kier molecular flexibility index (Phi) is 4.58. The molecule has 0 bridgehead atoms. The second kappa shape index (κ2) is 6.99. The van der Waals surface area contributed by atoms with Crippen LogP contribution in [0.1, 0.15) is 68.2 Å². The highest BCUT2D eigenvalue weighted by Gasteiger charge is 2.34. The monoisotopic (exact) mass is 389 g/mol. The molecule has 0 saturated carbocycles. The molecule has 146 valence electrons. The number of rotatable bonds is 3. The third-order valence-corrected chi connectivity index (χ3v) is 8.73. The van der Waals surface area contributed by atoms with Crippen LogP contribution in [0.3, 0.4) is 0 Å². The first-order chi connectivity index (χ1) is 13.6. The summed E-state index contributed by atoms with van der Waals surface area (Å²) in [5.74, 6) is 0.751. The Morgan fingerprint density at radius 3 is 2.61 bits per heavy atom. The number of thiophene rings is 1. The van der Waals surface area contributed by atoms with Crippen molar-refractivity contribution in [2.75, 3.05) is 0 Å². The molecule has 0 N–H and O–H groups in total. The van der Waals surface area contributed by atoms with Crippen LogP contribution in [0.15, 0.2) is 30.3 Å². The van der Waals surface area contributed by atoms with Gasteiger partial charge in [-0.25, -0.2) is 4.98 Å². The summed E-state index contributed by atoms with van der Waals surface area (Å²) < 4.78 is 0. The van der Waals surface area contributed by atoms with Crippen LogP contribution < -0.4 is 0 Å². The molecule has 5 rings (SSSR count). The summed E-state index contributed by atoms with van der Waals surface area (Å²) in [5.41, 5.74) is 7.88. The maximum absolute atomic E-state index is 5.27. The van der Waals surface area contributed by atoms with Crippen molar-refractivity contribution >= 4 is 21.6 Å². The first-order valence-corrected chi connectivity index (χ1v) is 11.9. The standard InChI is InChI=1S/C26H31NS/c1-4-26(2,3)18-14-15-21-20(16-18)23(17-10-6-5-7-11-17)24-19-12-8-9-13-22(19)28-25(24)27-21/h5-7,10-11,18H,4,8-9,12-16H2,1-3H3/t18-/m0/s1. The van der Waals surface area contributed by atoms with E-state index in [0.29, 0.717) is 5.41 Å². The van der Waals surface area contributed by atoms with Crippen molar-refractivity contribution in [2.45, 2.75) is 72.1 Å². The van der Waals surface area contributed by atoms with Gasteiger partial charge in [0.1, 0.15) is 4.83 Å². The lowest BCUT2D eigenvalue weighted by Crippen LogP contribution is -2.29. The molecule has 2 heteroatoms. The van der Waals surface area contributed by atoms with Crippen LogP contribution in [0.5, 0.6) is 0 Å². The van der Waals surface area contributed by atoms with Crippen molar-refractivity contribution in [3.63, 3.8) is 0 Å². The number of pyridine rings is 1. The summed E-state index contributed by atoms with van der Waals surface area (Å²) in [6, 6.07) is 11.2. The number of hydrogen-bond donors (Lipinski definition) is 0. The summed E-state index contributed by atoms with van der Waals surface area (Å²) in [7, 11) is 0. The summed E-state index contributed by atoms with van der Waals surface area (Å²) >= 11 is 1.98. The number of aryl methyl sites for hydroxylation is 3. The van der Waals surface area contributed by atoms with E-state index in [1.54, 1.807) is 16.0 Å². The minimum atomic E-state index is 0.397. The molecule has 0 radical (unpaired) electrons. The zero-order chi connectivity index (χ0) is 19.3. The van der Waals surface area contributed by atoms with E-state index in [1.807, 2.05) is 11.3 Å². The molecule has 2 aliphatic carbocycles. The average Bonchev–Trinajstić information content (AvgIpc) is 3.10. The van der Waals surface area contributed by atoms with Crippen LogP contribution in [0.25, 0.3) is 21.3 Å². The zero-order valence-corrected chi connectivity index (χ0v) is 18.3. The Hall–Kier alpha value is -1.67. The number of hydrogen-bond acceptors (Lipinski definition) is 2. The molecule has 2 heterocycles. The van der Waals surface area contributed by atoms with Gasteiger partial charge in [-0.15, -0.1) is 11.3 Å². The number of benzene rings is 1. The molecule has 0 saturated heterocycles. The first kappa shape index (κ1) is 18.4. The van der Waals surface area contributed by atoms with Crippen LogP contribution in [0, 0.1) is 11.3 Å². The second-order valence-electron chi connectivity index (χ2n) is 9.45. The van der Waals surface area contributed by atoms with Crippen LogP contribution >= 0.6 is 11.3 Å². The minimum Gasteiger partial charge on any atom is -0.242 e. The van der Waals surface area contributed by atoms with E-state index < -0.39 is 0 Å². The summed E-state index contributed by atoms with van der Waals surface area (Å²) in [4.78, 5) is 8.18. The van der Waals surface area contributed by atoms with E-state index in [1.165, 1.54) is 72.0 Å². The van der Waals surface area contributed by atoms with E-state index in [4.69, 9.17) is 4.98 Å². The average molecular weight is 390 g/mol. The van der Waals surface area contributed by atoms with Gasteiger partial charge in [-0.1, -0.05) is 57.5 Å². The molecule has 1 aromatic carbocycles. The van der Waals surface area contributed by atoms with Gasteiger partial charge >= 0.3 is 0 Å². The van der Waals surface area contributed by atoms with Crippen LogP contribution in [0.2, 0.25) is 0 Å². The lowest BCUT2D eigenvalue weighted by molar-refractivity contribution is 0.182. The van der Waals surface area contributed by atoms with Gasteiger partial charge in [0.2, 0.25) is 0 Å². The van der Waals surface area contributed by atoms with E-state index >= 15 is 0 Å². The molecule has 1 nitrogen and oxygen atoms in total. The molecule has 0 fully saturated rings. The maximum Gasteiger partial charge on any atom is 0.124 e. The topological polar surface area (TPSA) is 12.9 Å². The number of fused-ring (bicyclic) bond motifs is 4. The lowest BCUT2D eigenvalue weighted by Gasteiger charge is -2.37. The molecular formula is C26H31NS. The summed E-state index contributed by atoms with van der Waals surface area (Å²) in [6.45, 7) is 7.27. The quantitative estimate of drug-likeness (QED) is 0.455. The molecule has 2 aliphatic rings. The van der Waals surface area contributed by atoms with Crippen molar-refractivity contribution < 1.29 is 0 Å². The van der Waals surface area contributed by atoms with Crippen LogP contribution in [-0.4, -0.2) is 4.98 Å². The Morgan fingerprint density at radius 1 is 1.04 bits per heavy atom. The molecule has 2 aromatic heterocycles. The Bertz CT molecular complexity index is 1010. The molecule has 0 amide bonds. The van der Waals surface area contributed by atoms with Gasteiger partial charge in [0.15, 0.2) is 0 Å². The highest BCUT2D eigenvalue weighted by atomic mass is 32.1. The van der Waals surface area contributed by atoms with Gasteiger partial charge < -0.3 is 0 Å². The van der Waals surface area contributed by atoms with Gasteiger partial charge in [0.05, 0.1) is 0 Å². The molecule has 28 heavy (non-hydrogen) atoms. The van der Waals surface area contributed by atoms with Crippen molar-refractivity contribution in [1.29, 1.82) is 0 Å². The lowest BCUT2D eigenvalue weighted by atomic mass is 9.68. The van der Waals surface area contributed by atoms with E-state index in [9.17, 15) is 0 Å². The normalized spacial score (nSPS) is 19.5. The number of aromatic nitrogens is 1. The summed E-state index contributed by atoms with van der Waals surface area (Å²) in [5, 5.41) is 1.50. The third kappa shape index (κ3) is 2.92. The number of nitrogens with zero attached hydrogens (tertiary/aromatic N) is 1. The highest BCUT2D eigenvalue weighted by molar-refractivity contribution is 7.19. The molecular weight excluding hydrogens is 358 g/mol. The Morgan fingerprint density at radius 2 is 1.82 bits per heavy atom. The maximum atomic E-state index is 5.27.